The molecule has 2 aromatic heterocycles. The molecule has 1 saturated heterocycles. The number of rotatable bonds is 6. The van der Waals surface area contributed by atoms with Crippen molar-refractivity contribution in [3.05, 3.63) is 83.8 Å². The first-order chi connectivity index (χ1) is 15.3. The van der Waals surface area contributed by atoms with Gasteiger partial charge in [-0.2, -0.15) is 0 Å². The number of piperidine rings is 1. The minimum atomic E-state index is -0.209. The second kappa shape index (κ2) is 8.91. The summed E-state index contributed by atoms with van der Waals surface area (Å²) in [5.41, 5.74) is 3.44. The van der Waals surface area contributed by atoms with Crippen LogP contribution in [0.3, 0.4) is 0 Å². The highest BCUT2D eigenvalue weighted by Gasteiger charge is 2.34. The van der Waals surface area contributed by atoms with Crippen molar-refractivity contribution in [2.45, 2.75) is 38.0 Å². The molecule has 5 rings (SSSR count). The molecule has 0 amide bonds. The van der Waals surface area contributed by atoms with E-state index in [4.69, 9.17) is 0 Å². The number of fused-ring (bicyclic) bond motifs is 1. The molecule has 7 heteroatoms. The van der Waals surface area contributed by atoms with E-state index in [1.807, 2.05) is 23.0 Å². The fourth-order valence-corrected chi connectivity index (χ4v) is 4.56. The van der Waals surface area contributed by atoms with Crippen molar-refractivity contribution in [2.24, 2.45) is 0 Å². The van der Waals surface area contributed by atoms with E-state index >= 15 is 0 Å². The predicted octanol–water partition coefficient (Wildman–Crippen LogP) is 1.59. The summed E-state index contributed by atoms with van der Waals surface area (Å²) in [7, 11) is 0. The maximum atomic E-state index is 10.0. The van der Waals surface area contributed by atoms with Crippen molar-refractivity contribution < 1.29 is 10.0 Å². The number of quaternary nitrogens is 1. The lowest BCUT2D eigenvalue weighted by Crippen LogP contribution is -3.13. The molecule has 31 heavy (non-hydrogen) atoms. The number of aromatic nitrogens is 5. The molecule has 4 aromatic rings. The summed E-state index contributed by atoms with van der Waals surface area (Å²) < 4.78 is 1.95. The molecule has 0 saturated carbocycles. The molecule has 0 bridgehead atoms. The molecule has 0 spiro atoms. The Morgan fingerprint density at radius 3 is 2.71 bits per heavy atom. The standard InChI is InChI=1S/C24H26N6O/c31-21-11-14-29(15-12-21)23(20-8-9-22-19(17-20)7-4-13-25-22)24-26-27-28-30(24)16-10-18-5-2-1-3-6-18/h1-9,13,17,21,23,31H,10-12,14-16H2/p+1/t23-/m1/s1. The van der Waals surface area contributed by atoms with E-state index < -0.39 is 0 Å². The third-order valence-electron chi connectivity index (χ3n) is 6.24. The maximum Gasteiger partial charge on any atom is 0.214 e. The van der Waals surface area contributed by atoms with Crippen LogP contribution in [0.4, 0.5) is 0 Å². The predicted molar refractivity (Wildman–Crippen MR) is 117 cm³/mol. The van der Waals surface area contributed by atoms with Gasteiger partial charge in [0.25, 0.3) is 0 Å². The van der Waals surface area contributed by atoms with E-state index in [2.05, 4.69) is 69.0 Å². The fourth-order valence-electron chi connectivity index (χ4n) is 4.56. The largest absolute Gasteiger partial charge is 0.393 e. The molecule has 1 aliphatic rings. The van der Waals surface area contributed by atoms with Crippen LogP contribution in [0.15, 0.2) is 66.9 Å². The van der Waals surface area contributed by atoms with Gasteiger partial charge in [0.1, 0.15) is 0 Å². The lowest BCUT2D eigenvalue weighted by atomic mass is 9.98. The first-order valence-corrected chi connectivity index (χ1v) is 11.0. The van der Waals surface area contributed by atoms with Gasteiger partial charge in [-0.1, -0.05) is 42.5 Å². The number of nitrogens with one attached hydrogen (secondary N) is 1. The molecule has 158 valence electrons. The van der Waals surface area contributed by atoms with Gasteiger partial charge >= 0.3 is 0 Å². The minimum absolute atomic E-state index is 0.0166. The number of pyridine rings is 1. The van der Waals surface area contributed by atoms with Crippen LogP contribution < -0.4 is 4.90 Å². The first kappa shape index (κ1) is 19.8. The van der Waals surface area contributed by atoms with Gasteiger partial charge in [-0.15, -0.1) is 5.10 Å². The number of hydrogen-bond donors (Lipinski definition) is 2. The number of hydrogen-bond acceptors (Lipinski definition) is 5. The number of aryl methyl sites for hydroxylation is 2. The first-order valence-electron chi connectivity index (χ1n) is 11.0. The van der Waals surface area contributed by atoms with Gasteiger partial charge in [0.2, 0.25) is 5.82 Å². The molecule has 7 nitrogen and oxygen atoms in total. The molecule has 0 unspecified atom stereocenters. The number of likely N-dealkylation sites (tertiary alicyclic amines) is 1. The Bertz CT molecular complexity index is 1140. The van der Waals surface area contributed by atoms with Gasteiger partial charge in [0, 0.05) is 36.5 Å². The van der Waals surface area contributed by atoms with Crippen LogP contribution in [0.2, 0.25) is 0 Å². The van der Waals surface area contributed by atoms with Crippen LogP contribution in [-0.2, 0) is 13.0 Å². The normalized spacial score (nSPS) is 20.0. The third-order valence-corrected chi connectivity index (χ3v) is 6.24. The van der Waals surface area contributed by atoms with E-state index in [1.165, 1.54) is 16.0 Å². The molecule has 2 N–H and O–H groups in total. The number of aliphatic hydroxyl groups is 1. The summed E-state index contributed by atoms with van der Waals surface area (Å²) in [4.78, 5) is 5.85. The Labute approximate surface area is 181 Å². The van der Waals surface area contributed by atoms with Crippen LogP contribution in [0.25, 0.3) is 10.9 Å². The van der Waals surface area contributed by atoms with E-state index in [1.54, 1.807) is 0 Å². The fraction of sp³-hybridized carbons (Fsp3) is 0.333. The Hall–Kier alpha value is -3.16. The Balaban J connectivity index is 1.49. The quantitative estimate of drug-likeness (QED) is 0.500. The van der Waals surface area contributed by atoms with E-state index in [-0.39, 0.29) is 12.1 Å². The smallest absolute Gasteiger partial charge is 0.214 e. The van der Waals surface area contributed by atoms with Crippen molar-refractivity contribution in [3.63, 3.8) is 0 Å². The van der Waals surface area contributed by atoms with Crippen LogP contribution in [0, 0.1) is 0 Å². The maximum absolute atomic E-state index is 10.0. The summed E-state index contributed by atoms with van der Waals surface area (Å²) in [5.74, 6) is 0.880. The van der Waals surface area contributed by atoms with Crippen molar-refractivity contribution in [1.29, 1.82) is 0 Å². The lowest BCUT2D eigenvalue weighted by molar-refractivity contribution is -0.932. The molecule has 3 heterocycles. The highest BCUT2D eigenvalue weighted by molar-refractivity contribution is 5.79. The Morgan fingerprint density at radius 1 is 1.03 bits per heavy atom. The van der Waals surface area contributed by atoms with Gasteiger partial charge in [-0.25, -0.2) is 4.68 Å². The molecule has 1 atom stereocenters. The SMILES string of the molecule is OC1CC[NH+]([C@H](c2ccc3ncccc3c2)c2nnnn2CCc2ccccc2)CC1. The highest BCUT2D eigenvalue weighted by atomic mass is 16.3. The van der Waals surface area contributed by atoms with Crippen LogP contribution in [-0.4, -0.2) is 49.5 Å². The van der Waals surface area contributed by atoms with Crippen LogP contribution >= 0.6 is 0 Å². The highest BCUT2D eigenvalue weighted by Crippen LogP contribution is 2.22. The molecule has 1 fully saturated rings. The Kier molecular flexibility index (Phi) is 5.69. The molecular formula is C24H27N6O+. The van der Waals surface area contributed by atoms with E-state index in [9.17, 15) is 5.11 Å². The third kappa shape index (κ3) is 4.33. The molecule has 2 aromatic carbocycles. The summed E-state index contributed by atoms with van der Waals surface area (Å²) in [6.07, 6.45) is 4.08. The summed E-state index contributed by atoms with van der Waals surface area (Å²) >= 11 is 0. The number of aliphatic hydroxyl groups excluding tert-OH is 1. The van der Waals surface area contributed by atoms with E-state index in [0.29, 0.717) is 0 Å². The van der Waals surface area contributed by atoms with Crippen molar-refractivity contribution in [2.75, 3.05) is 13.1 Å². The minimum Gasteiger partial charge on any atom is -0.393 e. The van der Waals surface area contributed by atoms with Crippen LogP contribution in [0.1, 0.15) is 35.8 Å². The van der Waals surface area contributed by atoms with Crippen molar-refractivity contribution in [1.82, 2.24) is 25.2 Å². The van der Waals surface area contributed by atoms with E-state index in [0.717, 1.165) is 55.6 Å². The van der Waals surface area contributed by atoms with Gasteiger partial charge in [0.05, 0.1) is 24.7 Å². The second-order valence-electron chi connectivity index (χ2n) is 8.27. The lowest BCUT2D eigenvalue weighted by Gasteiger charge is -2.32. The zero-order chi connectivity index (χ0) is 21.0. The zero-order valence-electron chi connectivity index (χ0n) is 17.4. The monoisotopic (exact) mass is 415 g/mol. The summed E-state index contributed by atoms with van der Waals surface area (Å²) in [6, 6.07) is 20.9. The molecule has 0 aliphatic carbocycles. The number of benzene rings is 2. The number of tetrazole rings is 1. The molecule has 1 aliphatic heterocycles. The van der Waals surface area contributed by atoms with Gasteiger partial charge < -0.3 is 10.0 Å². The van der Waals surface area contributed by atoms with Crippen LogP contribution in [0.5, 0.6) is 0 Å². The molecular weight excluding hydrogens is 388 g/mol. The van der Waals surface area contributed by atoms with Gasteiger partial charge in [-0.05, 0) is 40.6 Å². The second-order valence-corrected chi connectivity index (χ2v) is 8.27. The number of nitrogens with zero attached hydrogens (tertiary/aromatic N) is 5. The average molecular weight is 416 g/mol. The Morgan fingerprint density at radius 2 is 1.87 bits per heavy atom. The topological polar surface area (TPSA) is 81.2 Å². The van der Waals surface area contributed by atoms with Gasteiger partial charge in [-0.3, -0.25) is 4.98 Å². The zero-order valence-corrected chi connectivity index (χ0v) is 17.4. The van der Waals surface area contributed by atoms with Gasteiger partial charge in [0.15, 0.2) is 6.04 Å². The summed E-state index contributed by atoms with van der Waals surface area (Å²) in [6.45, 7) is 2.51. The average Bonchev–Trinajstić information content (AvgIpc) is 3.28. The summed E-state index contributed by atoms with van der Waals surface area (Å²) in [5, 5.41) is 24.0. The van der Waals surface area contributed by atoms with Crippen molar-refractivity contribution in [3.8, 4) is 0 Å². The van der Waals surface area contributed by atoms with Crippen molar-refractivity contribution >= 4 is 10.9 Å². The molecule has 0 radical (unpaired) electrons.